The van der Waals surface area contributed by atoms with Crippen molar-refractivity contribution < 1.29 is 14.3 Å². The summed E-state index contributed by atoms with van der Waals surface area (Å²) in [6.45, 7) is 0.432. The number of ether oxygens (including phenoxy) is 1. The van der Waals surface area contributed by atoms with Gasteiger partial charge in [0.1, 0.15) is 12.4 Å². The SMILES string of the molecule is O=C(NN1C(=O)/C(=C\c2cccc(OCc3cccc4ccccc34)c2)SC1=S)c1cccs1. The molecule has 4 aromatic rings. The first-order valence-electron chi connectivity index (χ1n) is 10.4. The molecule has 34 heavy (non-hydrogen) atoms. The zero-order valence-corrected chi connectivity index (χ0v) is 20.2. The Bertz CT molecular complexity index is 1430. The summed E-state index contributed by atoms with van der Waals surface area (Å²) in [7, 11) is 0. The van der Waals surface area contributed by atoms with E-state index in [0.29, 0.717) is 22.1 Å². The van der Waals surface area contributed by atoms with E-state index in [9.17, 15) is 9.59 Å². The van der Waals surface area contributed by atoms with Crippen molar-refractivity contribution in [1.29, 1.82) is 0 Å². The molecule has 1 fully saturated rings. The fraction of sp³-hybridized carbons (Fsp3) is 0.0385. The molecule has 0 aliphatic carbocycles. The van der Waals surface area contributed by atoms with Gasteiger partial charge in [0.25, 0.3) is 11.8 Å². The third-order valence-corrected chi connectivity index (χ3v) is 7.35. The summed E-state index contributed by atoms with van der Waals surface area (Å²) in [5.74, 6) is -0.0264. The largest absolute Gasteiger partial charge is 0.489 e. The number of thiocarbonyl (C=S) groups is 1. The van der Waals surface area contributed by atoms with Crippen LogP contribution in [0, 0.1) is 0 Å². The number of hydrazine groups is 1. The van der Waals surface area contributed by atoms with Crippen molar-refractivity contribution in [2.24, 2.45) is 0 Å². The minimum atomic E-state index is -0.364. The molecule has 1 aromatic heterocycles. The third kappa shape index (κ3) is 4.75. The maximum Gasteiger partial charge on any atom is 0.285 e. The second kappa shape index (κ2) is 9.80. The topological polar surface area (TPSA) is 58.6 Å². The molecule has 0 saturated carbocycles. The number of thioether (sulfide) groups is 1. The van der Waals surface area contributed by atoms with Gasteiger partial charge in [-0.2, -0.15) is 5.01 Å². The Hall–Kier alpha value is -3.46. The minimum absolute atomic E-state index is 0.282. The van der Waals surface area contributed by atoms with Gasteiger partial charge in [-0.3, -0.25) is 15.0 Å². The number of hydrogen-bond acceptors (Lipinski definition) is 6. The van der Waals surface area contributed by atoms with E-state index in [2.05, 4.69) is 29.7 Å². The van der Waals surface area contributed by atoms with Crippen LogP contribution in [-0.4, -0.2) is 21.1 Å². The van der Waals surface area contributed by atoms with Crippen LogP contribution in [0.2, 0.25) is 0 Å². The smallest absolute Gasteiger partial charge is 0.285 e. The molecular weight excluding hydrogens is 484 g/mol. The van der Waals surface area contributed by atoms with Crippen molar-refractivity contribution in [3.05, 3.63) is 105 Å². The molecule has 2 heterocycles. The van der Waals surface area contributed by atoms with Gasteiger partial charge in [0.15, 0.2) is 4.32 Å². The number of thiophene rings is 1. The number of hydrogen-bond donors (Lipinski definition) is 1. The summed E-state index contributed by atoms with van der Waals surface area (Å²) in [5, 5.41) is 5.25. The average Bonchev–Trinajstić information content (AvgIpc) is 3.48. The molecule has 8 heteroatoms. The zero-order valence-electron chi connectivity index (χ0n) is 17.8. The van der Waals surface area contributed by atoms with Gasteiger partial charge in [0.2, 0.25) is 0 Å². The molecule has 5 nitrogen and oxygen atoms in total. The molecule has 1 N–H and O–H groups in total. The lowest BCUT2D eigenvalue weighted by molar-refractivity contribution is -0.123. The molecule has 5 rings (SSSR count). The number of benzene rings is 3. The molecule has 0 radical (unpaired) electrons. The van der Waals surface area contributed by atoms with E-state index in [1.54, 1.807) is 23.6 Å². The zero-order chi connectivity index (χ0) is 23.5. The molecule has 0 atom stereocenters. The second-order valence-electron chi connectivity index (χ2n) is 7.43. The quantitative estimate of drug-likeness (QED) is 0.258. The Labute approximate surface area is 210 Å². The molecule has 3 aromatic carbocycles. The van der Waals surface area contributed by atoms with Crippen LogP contribution >= 0.6 is 35.3 Å². The van der Waals surface area contributed by atoms with Crippen LogP contribution < -0.4 is 10.2 Å². The van der Waals surface area contributed by atoms with Gasteiger partial charge in [0, 0.05) is 0 Å². The van der Waals surface area contributed by atoms with Crippen molar-refractivity contribution >= 4 is 68.3 Å². The number of amides is 2. The Morgan fingerprint density at radius 1 is 1.03 bits per heavy atom. The average molecular weight is 503 g/mol. The highest BCUT2D eigenvalue weighted by Gasteiger charge is 2.33. The van der Waals surface area contributed by atoms with Gasteiger partial charge in [-0.25, -0.2) is 0 Å². The number of carbonyl (C=O) groups is 2. The maximum atomic E-state index is 12.9. The van der Waals surface area contributed by atoms with Crippen LogP contribution in [0.5, 0.6) is 5.75 Å². The fourth-order valence-corrected chi connectivity index (χ4v) is 5.35. The van der Waals surface area contributed by atoms with E-state index in [-0.39, 0.29) is 16.1 Å². The molecular formula is C26H18N2O3S3. The van der Waals surface area contributed by atoms with E-state index in [1.807, 2.05) is 42.5 Å². The fourth-order valence-electron chi connectivity index (χ4n) is 3.55. The van der Waals surface area contributed by atoms with Crippen LogP contribution in [0.4, 0.5) is 0 Å². The summed E-state index contributed by atoms with van der Waals surface area (Å²) in [4.78, 5) is 26.1. The van der Waals surface area contributed by atoms with Crippen molar-refractivity contribution in [3.8, 4) is 5.75 Å². The van der Waals surface area contributed by atoms with Gasteiger partial charge >= 0.3 is 0 Å². The first-order chi connectivity index (χ1) is 16.6. The molecule has 1 saturated heterocycles. The molecule has 0 spiro atoms. The minimum Gasteiger partial charge on any atom is -0.489 e. The normalized spacial score (nSPS) is 14.7. The molecule has 0 unspecified atom stereocenters. The summed E-state index contributed by atoms with van der Waals surface area (Å²) in [6, 6.07) is 25.4. The molecule has 168 valence electrons. The summed E-state index contributed by atoms with van der Waals surface area (Å²) < 4.78 is 6.34. The van der Waals surface area contributed by atoms with Crippen molar-refractivity contribution in [3.63, 3.8) is 0 Å². The van der Waals surface area contributed by atoms with Crippen LogP contribution in [0.15, 0.2) is 89.1 Å². The lowest BCUT2D eigenvalue weighted by atomic mass is 10.1. The van der Waals surface area contributed by atoms with E-state index in [1.165, 1.54) is 16.7 Å². The van der Waals surface area contributed by atoms with Crippen LogP contribution in [0.1, 0.15) is 20.8 Å². The maximum absolute atomic E-state index is 12.9. The van der Waals surface area contributed by atoms with Crippen molar-refractivity contribution in [2.75, 3.05) is 0 Å². The number of nitrogens with zero attached hydrogens (tertiary/aromatic N) is 1. The predicted molar refractivity (Wildman–Crippen MR) is 142 cm³/mol. The van der Waals surface area contributed by atoms with Gasteiger partial charge in [-0.1, -0.05) is 72.4 Å². The molecule has 2 amide bonds. The van der Waals surface area contributed by atoms with Gasteiger partial charge in [-0.15, -0.1) is 11.3 Å². The standard InChI is InChI=1S/C26H18N2O3S3/c29-24(22-12-5-13-33-22)27-28-25(30)23(34-26(28)32)15-17-6-3-10-20(14-17)31-16-19-9-4-8-18-7-1-2-11-21(18)19/h1-15H,16H2,(H,27,29)/b23-15+. The lowest BCUT2D eigenvalue weighted by Crippen LogP contribution is -2.44. The van der Waals surface area contributed by atoms with Crippen molar-refractivity contribution in [2.45, 2.75) is 6.61 Å². The van der Waals surface area contributed by atoms with Crippen LogP contribution in [0.3, 0.4) is 0 Å². The monoisotopic (exact) mass is 502 g/mol. The Balaban J connectivity index is 1.29. The van der Waals surface area contributed by atoms with E-state index < -0.39 is 0 Å². The Morgan fingerprint density at radius 2 is 1.85 bits per heavy atom. The van der Waals surface area contributed by atoms with E-state index in [4.69, 9.17) is 17.0 Å². The Morgan fingerprint density at radius 3 is 2.71 bits per heavy atom. The van der Waals surface area contributed by atoms with Gasteiger partial charge in [-0.05, 0) is 63.8 Å². The summed E-state index contributed by atoms with van der Waals surface area (Å²) >= 11 is 7.76. The highest BCUT2D eigenvalue weighted by molar-refractivity contribution is 8.26. The van der Waals surface area contributed by atoms with Crippen LogP contribution in [0.25, 0.3) is 16.8 Å². The highest BCUT2D eigenvalue weighted by Crippen LogP contribution is 2.32. The summed E-state index contributed by atoms with van der Waals surface area (Å²) in [5.41, 5.74) is 4.50. The number of rotatable bonds is 6. The second-order valence-corrected chi connectivity index (χ2v) is 10.1. The molecule has 1 aliphatic rings. The molecule has 0 bridgehead atoms. The highest BCUT2D eigenvalue weighted by atomic mass is 32.2. The summed E-state index contributed by atoms with van der Waals surface area (Å²) in [6.07, 6.45) is 1.75. The van der Waals surface area contributed by atoms with Gasteiger partial charge < -0.3 is 4.74 Å². The third-order valence-electron chi connectivity index (χ3n) is 5.18. The molecule has 1 aliphatic heterocycles. The van der Waals surface area contributed by atoms with E-state index in [0.717, 1.165) is 33.3 Å². The first-order valence-corrected chi connectivity index (χ1v) is 12.5. The number of carbonyl (C=O) groups excluding carboxylic acids is 2. The number of fused-ring (bicyclic) bond motifs is 1. The predicted octanol–water partition coefficient (Wildman–Crippen LogP) is 6.03. The lowest BCUT2D eigenvalue weighted by Gasteiger charge is -2.14. The van der Waals surface area contributed by atoms with Gasteiger partial charge in [0.05, 0.1) is 9.78 Å². The first kappa shape index (κ1) is 22.3. The Kier molecular flexibility index (Phi) is 6.44. The number of nitrogens with one attached hydrogen (secondary N) is 1. The van der Waals surface area contributed by atoms with Crippen molar-refractivity contribution in [1.82, 2.24) is 10.4 Å². The van der Waals surface area contributed by atoms with Crippen LogP contribution in [-0.2, 0) is 11.4 Å². The van der Waals surface area contributed by atoms with E-state index >= 15 is 0 Å².